The number of sulfone groups is 1. The van der Waals surface area contributed by atoms with Crippen LogP contribution >= 0.6 is 0 Å². The third-order valence-electron chi connectivity index (χ3n) is 2.72. The molecule has 0 amide bonds. The highest BCUT2D eigenvalue weighted by Gasteiger charge is 2.26. The third-order valence-corrected chi connectivity index (χ3v) is 4.44. The highest BCUT2D eigenvalue weighted by Crippen LogP contribution is 2.29. The first kappa shape index (κ1) is 10.4. The van der Waals surface area contributed by atoms with Crippen molar-refractivity contribution in [1.82, 2.24) is 0 Å². The molecule has 1 aromatic rings. The summed E-state index contributed by atoms with van der Waals surface area (Å²) in [5.74, 6) is 1.61. The molecule has 1 saturated heterocycles. The average molecular weight is 228 g/mol. The monoisotopic (exact) mass is 228 g/mol. The van der Waals surface area contributed by atoms with Crippen LogP contribution in [-0.2, 0) is 9.84 Å². The van der Waals surface area contributed by atoms with Gasteiger partial charge >= 0.3 is 0 Å². The molecule has 1 aromatic heterocycles. The summed E-state index contributed by atoms with van der Waals surface area (Å²) in [6, 6.07) is 3.37. The number of carbonyl (C=O) groups excluding carboxylic acids is 1. The van der Waals surface area contributed by atoms with E-state index in [1.54, 1.807) is 12.1 Å². The molecule has 1 aliphatic rings. The minimum Gasteiger partial charge on any atom is -0.458 e. The Hall–Kier alpha value is -1.10. The van der Waals surface area contributed by atoms with E-state index in [1.165, 1.54) is 0 Å². The highest BCUT2D eigenvalue weighted by atomic mass is 32.2. The van der Waals surface area contributed by atoms with Crippen molar-refractivity contribution in [2.45, 2.75) is 18.8 Å². The molecule has 2 rings (SSSR count). The predicted octanol–water partition coefficient (Wildman–Crippen LogP) is 1.38. The number of furan rings is 1. The van der Waals surface area contributed by atoms with E-state index in [2.05, 4.69) is 0 Å². The first-order valence-electron chi connectivity index (χ1n) is 4.86. The summed E-state index contributed by atoms with van der Waals surface area (Å²) >= 11 is 0. The molecule has 1 fully saturated rings. The Kier molecular flexibility index (Phi) is 2.65. The molecule has 0 bridgehead atoms. The second-order valence-corrected chi connectivity index (χ2v) is 6.09. The fourth-order valence-electron chi connectivity index (χ4n) is 1.83. The van der Waals surface area contributed by atoms with Gasteiger partial charge in [0.25, 0.3) is 0 Å². The molecule has 0 atom stereocenters. The van der Waals surface area contributed by atoms with Gasteiger partial charge in [-0.1, -0.05) is 0 Å². The smallest absolute Gasteiger partial charge is 0.185 e. The van der Waals surface area contributed by atoms with Crippen molar-refractivity contribution in [1.29, 1.82) is 0 Å². The van der Waals surface area contributed by atoms with Crippen LogP contribution in [0.2, 0.25) is 0 Å². The summed E-state index contributed by atoms with van der Waals surface area (Å²) in [5.41, 5.74) is 0. The van der Waals surface area contributed by atoms with E-state index in [0.29, 0.717) is 24.9 Å². The quantitative estimate of drug-likeness (QED) is 0.717. The van der Waals surface area contributed by atoms with Crippen molar-refractivity contribution in [3.8, 4) is 0 Å². The summed E-state index contributed by atoms with van der Waals surface area (Å²) in [6.07, 6.45) is 1.84. The molecule has 1 aliphatic heterocycles. The van der Waals surface area contributed by atoms with Gasteiger partial charge in [0.05, 0.1) is 11.5 Å². The molecule has 0 aromatic carbocycles. The van der Waals surface area contributed by atoms with Gasteiger partial charge in [-0.2, -0.15) is 0 Å². The molecule has 0 saturated carbocycles. The van der Waals surface area contributed by atoms with E-state index in [-0.39, 0.29) is 17.4 Å². The largest absolute Gasteiger partial charge is 0.458 e. The standard InChI is InChI=1S/C10H12O4S/c11-7-9-1-2-10(14-9)8-3-5-15(12,13)6-4-8/h1-2,7-8H,3-6H2. The van der Waals surface area contributed by atoms with Crippen LogP contribution in [0.15, 0.2) is 16.5 Å². The molecule has 82 valence electrons. The number of carbonyl (C=O) groups is 1. The topological polar surface area (TPSA) is 64.3 Å². The van der Waals surface area contributed by atoms with Crippen molar-refractivity contribution in [3.63, 3.8) is 0 Å². The van der Waals surface area contributed by atoms with Gasteiger partial charge in [0.15, 0.2) is 12.0 Å². The average Bonchev–Trinajstić information content (AvgIpc) is 2.66. The van der Waals surface area contributed by atoms with Crippen LogP contribution in [0.1, 0.15) is 35.1 Å². The molecule has 0 unspecified atom stereocenters. The Morgan fingerprint density at radius 3 is 2.47 bits per heavy atom. The fraction of sp³-hybridized carbons (Fsp3) is 0.500. The molecule has 15 heavy (non-hydrogen) atoms. The first-order valence-corrected chi connectivity index (χ1v) is 6.68. The third kappa shape index (κ3) is 2.28. The van der Waals surface area contributed by atoms with Crippen molar-refractivity contribution in [2.75, 3.05) is 11.5 Å². The van der Waals surface area contributed by atoms with Crippen molar-refractivity contribution in [3.05, 3.63) is 23.7 Å². The molecular formula is C10H12O4S. The molecule has 5 heteroatoms. The van der Waals surface area contributed by atoms with Crippen molar-refractivity contribution < 1.29 is 17.6 Å². The van der Waals surface area contributed by atoms with Crippen molar-refractivity contribution in [2.24, 2.45) is 0 Å². The van der Waals surface area contributed by atoms with Crippen LogP contribution < -0.4 is 0 Å². The molecule has 0 aliphatic carbocycles. The Balaban J connectivity index is 2.10. The Morgan fingerprint density at radius 1 is 1.27 bits per heavy atom. The van der Waals surface area contributed by atoms with Crippen LogP contribution in [0.25, 0.3) is 0 Å². The molecular weight excluding hydrogens is 216 g/mol. The van der Waals surface area contributed by atoms with Crippen LogP contribution in [0, 0.1) is 0 Å². The van der Waals surface area contributed by atoms with E-state index >= 15 is 0 Å². The van der Waals surface area contributed by atoms with Gasteiger partial charge < -0.3 is 4.42 Å². The number of rotatable bonds is 2. The second-order valence-electron chi connectivity index (χ2n) is 3.78. The lowest BCUT2D eigenvalue weighted by molar-refractivity contribution is 0.109. The zero-order chi connectivity index (χ0) is 10.9. The lowest BCUT2D eigenvalue weighted by Crippen LogP contribution is -2.21. The molecule has 0 radical (unpaired) electrons. The van der Waals surface area contributed by atoms with Gasteiger partial charge in [0.2, 0.25) is 0 Å². The van der Waals surface area contributed by atoms with Gasteiger partial charge in [-0.25, -0.2) is 8.42 Å². The minimum atomic E-state index is -2.83. The number of hydrogen-bond donors (Lipinski definition) is 0. The fourth-order valence-corrected chi connectivity index (χ4v) is 3.32. The number of aldehydes is 1. The van der Waals surface area contributed by atoms with E-state index in [0.717, 1.165) is 5.76 Å². The van der Waals surface area contributed by atoms with E-state index in [1.807, 2.05) is 0 Å². The van der Waals surface area contributed by atoms with Gasteiger partial charge in [-0.15, -0.1) is 0 Å². The zero-order valence-electron chi connectivity index (χ0n) is 8.18. The van der Waals surface area contributed by atoms with Crippen LogP contribution in [0.4, 0.5) is 0 Å². The SMILES string of the molecule is O=Cc1ccc(C2CCS(=O)(=O)CC2)o1. The maximum absolute atomic E-state index is 11.2. The zero-order valence-corrected chi connectivity index (χ0v) is 9.00. The maximum Gasteiger partial charge on any atom is 0.185 e. The lowest BCUT2D eigenvalue weighted by atomic mass is 10.0. The maximum atomic E-state index is 11.2. The summed E-state index contributed by atoms with van der Waals surface area (Å²) in [5, 5.41) is 0. The van der Waals surface area contributed by atoms with E-state index in [4.69, 9.17) is 4.42 Å². The van der Waals surface area contributed by atoms with Gasteiger partial charge in [0, 0.05) is 5.92 Å². The van der Waals surface area contributed by atoms with Crippen LogP contribution in [0.5, 0.6) is 0 Å². The van der Waals surface area contributed by atoms with Crippen molar-refractivity contribution >= 4 is 16.1 Å². The van der Waals surface area contributed by atoms with Gasteiger partial charge in [0.1, 0.15) is 15.6 Å². The summed E-state index contributed by atoms with van der Waals surface area (Å²) in [4.78, 5) is 10.4. The molecule has 0 N–H and O–H groups in total. The predicted molar refractivity (Wildman–Crippen MR) is 54.7 cm³/mol. The van der Waals surface area contributed by atoms with Crippen LogP contribution in [0.3, 0.4) is 0 Å². The molecule has 2 heterocycles. The Bertz CT molecular complexity index is 444. The highest BCUT2D eigenvalue weighted by molar-refractivity contribution is 7.91. The summed E-state index contributed by atoms with van der Waals surface area (Å²) in [7, 11) is -2.83. The lowest BCUT2D eigenvalue weighted by Gasteiger charge is -2.19. The van der Waals surface area contributed by atoms with Gasteiger partial charge in [-0.05, 0) is 25.0 Å². The summed E-state index contributed by atoms with van der Waals surface area (Å²) in [6.45, 7) is 0. The molecule has 4 nitrogen and oxygen atoms in total. The second kappa shape index (κ2) is 3.81. The summed E-state index contributed by atoms with van der Waals surface area (Å²) < 4.78 is 27.7. The Morgan fingerprint density at radius 2 is 1.93 bits per heavy atom. The van der Waals surface area contributed by atoms with E-state index in [9.17, 15) is 13.2 Å². The van der Waals surface area contributed by atoms with E-state index < -0.39 is 9.84 Å². The Labute approximate surface area is 88.2 Å². The first-order chi connectivity index (χ1) is 7.11. The number of hydrogen-bond acceptors (Lipinski definition) is 4. The normalized spacial score (nSPS) is 21.3. The van der Waals surface area contributed by atoms with Crippen LogP contribution in [-0.4, -0.2) is 26.2 Å². The molecule has 0 spiro atoms. The van der Waals surface area contributed by atoms with Gasteiger partial charge in [-0.3, -0.25) is 4.79 Å². The minimum absolute atomic E-state index is 0.141.